The second-order valence-electron chi connectivity index (χ2n) is 4.89. The van der Waals surface area contributed by atoms with Gasteiger partial charge in [0.25, 0.3) is 0 Å². The van der Waals surface area contributed by atoms with E-state index in [0.29, 0.717) is 36.7 Å². The zero-order valence-electron chi connectivity index (χ0n) is 13.1. The predicted octanol–water partition coefficient (Wildman–Crippen LogP) is 3.31. The Morgan fingerprint density at radius 3 is 2.38 bits per heavy atom. The lowest BCUT2D eigenvalue weighted by molar-refractivity contribution is -0.0509. The number of fused-ring (bicyclic) bond motifs is 1. The zero-order valence-corrected chi connectivity index (χ0v) is 13.9. The second-order valence-corrected chi connectivity index (χ2v) is 6.42. The average Bonchev–Trinajstić information content (AvgIpc) is 2.68. The zero-order chi connectivity index (χ0) is 18.4. The summed E-state index contributed by atoms with van der Waals surface area (Å²) < 4.78 is 67.9. The van der Waals surface area contributed by atoms with Gasteiger partial charge in [0, 0.05) is 25.3 Å². The van der Waals surface area contributed by atoms with Crippen LogP contribution in [0.25, 0.3) is 5.76 Å². The van der Waals surface area contributed by atoms with Crippen molar-refractivity contribution in [3.63, 3.8) is 0 Å². The van der Waals surface area contributed by atoms with Gasteiger partial charge in [0.15, 0.2) is 0 Å². The Kier molecular flexibility index (Phi) is 6.97. The third-order valence-corrected chi connectivity index (χ3v) is 3.96. The molecule has 0 saturated carbocycles. The molecule has 0 radical (unpaired) electrons. The molecule has 0 spiro atoms. The number of carbonyl (C=O) groups is 1. The second kappa shape index (κ2) is 8.29. The highest BCUT2D eigenvalue weighted by Gasteiger charge is 2.49. The summed E-state index contributed by atoms with van der Waals surface area (Å²) in [6.07, 6.45) is 3.45. The molecule has 1 aromatic rings. The predicted molar refractivity (Wildman–Crippen MR) is 81.7 cm³/mol. The van der Waals surface area contributed by atoms with Crippen molar-refractivity contribution in [2.24, 2.45) is 0 Å². The van der Waals surface area contributed by atoms with Gasteiger partial charge < -0.3 is 8.92 Å². The molecule has 1 aliphatic rings. The van der Waals surface area contributed by atoms with E-state index >= 15 is 0 Å². The van der Waals surface area contributed by atoms with E-state index in [-0.39, 0.29) is 11.3 Å². The Morgan fingerprint density at radius 2 is 1.83 bits per heavy atom. The molecule has 0 N–H and O–H groups in total. The number of aldehydes is 1. The van der Waals surface area contributed by atoms with Crippen LogP contribution in [0.2, 0.25) is 0 Å². The van der Waals surface area contributed by atoms with Gasteiger partial charge in [-0.1, -0.05) is 12.1 Å². The van der Waals surface area contributed by atoms with Gasteiger partial charge in [-0.05, 0) is 37.0 Å². The van der Waals surface area contributed by atoms with E-state index in [2.05, 4.69) is 8.92 Å². The summed E-state index contributed by atoms with van der Waals surface area (Å²) in [6, 6.07) is 4.31. The molecule has 0 saturated heterocycles. The molecule has 0 bridgehead atoms. The van der Waals surface area contributed by atoms with E-state index < -0.39 is 15.6 Å². The summed E-state index contributed by atoms with van der Waals surface area (Å²) in [5, 5.41) is 0. The van der Waals surface area contributed by atoms with Crippen molar-refractivity contribution in [3.8, 4) is 0 Å². The molecule has 24 heavy (non-hydrogen) atoms. The number of halogens is 3. The topological polar surface area (TPSA) is 69.7 Å². The van der Waals surface area contributed by atoms with Gasteiger partial charge in [-0.3, -0.25) is 4.79 Å². The van der Waals surface area contributed by atoms with E-state index in [9.17, 15) is 26.4 Å². The molecule has 9 heteroatoms. The lowest BCUT2D eigenvalue weighted by atomic mass is 10.0. The van der Waals surface area contributed by atoms with Crippen molar-refractivity contribution in [3.05, 3.63) is 41.0 Å². The van der Waals surface area contributed by atoms with Crippen molar-refractivity contribution in [2.45, 2.75) is 24.8 Å². The standard InChI is InChI=1S/C13H11F3O4S.C2H6O/c14-13(15,16)21(18,19)20-12-4-2-1-3-10-7-9(8-17)5-6-11(10)12;1-3-2/h4-8H,1-3H2;1-2H3. The Bertz CT molecular complexity index is 708. The maximum atomic E-state index is 12.4. The third kappa shape index (κ3) is 5.07. The summed E-state index contributed by atoms with van der Waals surface area (Å²) >= 11 is 0. The first-order valence-corrected chi connectivity index (χ1v) is 8.26. The van der Waals surface area contributed by atoms with Gasteiger partial charge in [0.1, 0.15) is 12.0 Å². The number of hydrogen-bond acceptors (Lipinski definition) is 5. The van der Waals surface area contributed by atoms with Crippen LogP contribution in [0.15, 0.2) is 24.3 Å². The summed E-state index contributed by atoms with van der Waals surface area (Å²) in [7, 11) is -2.46. The Hall–Kier alpha value is -1.87. The SMILES string of the molecule is COC.O=Cc1ccc2c(c1)CCCC=C2OS(=O)(=O)C(F)(F)F. The highest BCUT2D eigenvalue weighted by Crippen LogP contribution is 2.33. The summed E-state index contributed by atoms with van der Waals surface area (Å²) in [5.74, 6) is -0.350. The lowest BCUT2D eigenvalue weighted by Crippen LogP contribution is -2.25. The van der Waals surface area contributed by atoms with Crippen LogP contribution in [0.5, 0.6) is 0 Å². The van der Waals surface area contributed by atoms with Crippen LogP contribution >= 0.6 is 0 Å². The molecule has 134 valence electrons. The van der Waals surface area contributed by atoms with Crippen LogP contribution < -0.4 is 0 Å². The number of hydrogen-bond donors (Lipinski definition) is 0. The van der Waals surface area contributed by atoms with E-state index in [0.717, 1.165) is 0 Å². The molecule has 0 unspecified atom stereocenters. The molecule has 1 aromatic carbocycles. The normalized spacial score (nSPS) is 14.5. The number of allylic oxidation sites excluding steroid dienone is 1. The van der Waals surface area contributed by atoms with Crippen molar-refractivity contribution in [1.29, 1.82) is 0 Å². The Morgan fingerprint density at radius 1 is 1.21 bits per heavy atom. The van der Waals surface area contributed by atoms with Crippen LogP contribution in [0, 0.1) is 0 Å². The molecule has 0 aliphatic heterocycles. The fraction of sp³-hybridized carbons (Fsp3) is 0.400. The first kappa shape index (κ1) is 20.2. The summed E-state index contributed by atoms with van der Waals surface area (Å²) in [5.41, 5.74) is -4.27. The molecule has 1 aliphatic carbocycles. The maximum Gasteiger partial charge on any atom is 0.534 e. The van der Waals surface area contributed by atoms with Crippen LogP contribution in [-0.2, 0) is 25.5 Å². The third-order valence-electron chi connectivity index (χ3n) is 2.99. The molecule has 2 rings (SSSR count). The molecule has 0 amide bonds. The van der Waals surface area contributed by atoms with Gasteiger partial charge in [0.05, 0.1) is 0 Å². The fourth-order valence-electron chi connectivity index (χ4n) is 2.01. The maximum absolute atomic E-state index is 12.4. The number of carbonyl (C=O) groups excluding carboxylic acids is 1. The van der Waals surface area contributed by atoms with Gasteiger partial charge in [0.2, 0.25) is 0 Å². The van der Waals surface area contributed by atoms with Crippen LogP contribution in [0.4, 0.5) is 13.2 Å². The Balaban J connectivity index is 0.000000891. The van der Waals surface area contributed by atoms with Crippen LogP contribution in [0.3, 0.4) is 0 Å². The largest absolute Gasteiger partial charge is 0.534 e. The van der Waals surface area contributed by atoms with Crippen molar-refractivity contribution in [2.75, 3.05) is 14.2 Å². The van der Waals surface area contributed by atoms with Gasteiger partial charge in [-0.15, -0.1) is 0 Å². The van der Waals surface area contributed by atoms with Crippen molar-refractivity contribution < 1.29 is 35.3 Å². The van der Waals surface area contributed by atoms with Gasteiger partial charge in [-0.25, -0.2) is 0 Å². The first-order valence-electron chi connectivity index (χ1n) is 6.85. The first-order chi connectivity index (χ1) is 11.2. The molecule has 5 nitrogen and oxygen atoms in total. The molecule has 0 atom stereocenters. The number of aryl methyl sites for hydroxylation is 1. The van der Waals surface area contributed by atoms with E-state index in [4.69, 9.17) is 0 Å². The van der Waals surface area contributed by atoms with E-state index in [1.54, 1.807) is 14.2 Å². The smallest absolute Gasteiger partial charge is 0.388 e. The van der Waals surface area contributed by atoms with Crippen LogP contribution in [-0.4, -0.2) is 34.4 Å². The number of benzene rings is 1. The Labute approximate surface area is 138 Å². The average molecular weight is 366 g/mol. The summed E-state index contributed by atoms with van der Waals surface area (Å²) in [4.78, 5) is 10.7. The van der Waals surface area contributed by atoms with Gasteiger partial charge in [-0.2, -0.15) is 21.6 Å². The highest BCUT2D eigenvalue weighted by molar-refractivity contribution is 7.87. The molecular weight excluding hydrogens is 349 g/mol. The summed E-state index contributed by atoms with van der Waals surface area (Å²) in [6.45, 7) is 0. The fourth-order valence-corrected chi connectivity index (χ4v) is 2.50. The van der Waals surface area contributed by atoms with Gasteiger partial charge >= 0.3 is 15.6 Å². The van der Waals surface area contributed by atoms with Crippen molar-refractivity contribution in [1.82, 2.24) is 0 Å². The minimum atomic E-state index is -5.71. The number of alkyl halides is 3. The van der Waals surface area contributed by atoms with Crippen molar-refractivity contribution >= 4 is 22.2 Å². The highest BCUT2D eigenvalue weighted by atomic mass is 32.2. The van der Waals surface area contributed by atoms with E-state index in [1.165, 1.54) is 24.3 Å². The van der Waals surface area contributed by atoms with Crippen LogP contribution in [0.1, 0.15) is 34.3 Å². The minimum absolute atomic E-state index is 0.255. The lowest BCUT2D eigenvalue weighted by Gasteiger charge is -2.14. The number of methoxy groups -OCH3 is 1. The number of ether oxygens (including phenoxy) is 1. The molecule has 0 fully saturated rings. The van der Waals surface area contributed by atoms with E-state index in [1.807, 2.05) is 0 Å². The molecule has 0 heterocycles. The minimum Gasteiger partial charge on any atom is -0.388 e. The monoisotopic (exact) mass is 366 g/mol. The quantitative estimate of drug-likeness (QED) is 0.466. The molecular formula is C15H17F3O5S. The number of rotatable bonds is 3. The molecule has 0 aromatic heterocycles.